The highest BCUT2D eigenvalue weighted by Crippen LogP contribution is 2.33. The first-order valence-electron chi connectivity index (χ1n) is 13.6. The Hall–Kier alpha value is -2.88. The van der Waals surface area contributed by atoms with E-state index < -0.39 is 11.6 Å². The summed E-state index contributed by atoms with van der Waals surface area (Å²) >= 11 is 0. The summed E-state index contributed by atoms with van der Waals surface area (Å²) in [4.78, 5) is 0. The van der Waals surface area contributed by atoms with Gasteiger partial charge < -0.3 is 9.47 Å². The summed E-state index contributed by atoms with van der Waals surface area (Å²) in [5.74, 6) is -0.242. The number of hydrogen-bond acceptors (Lipinski definition) is 2. The maximum Gasteiger partial charge on any atom is 0.167 e. The third-order valence-electron chi connectivity index (χ3n) is 6.49. The van der Waals surface area contributed by atoms with Crippen molar-refractivity contribution in [2.75, 3.05) is 13.2 Å². The fourth-order valence-corrected chi connectivity index (χ4v) is 4.40. The summed E-state index contributed by atoms with van der Waals surface area (Å²) < 4.78 is 41.1. The van der Waals surface area contributed by atoms with Crippen molar-refractivity contribution in [2.45, 2.75) is 78.1 Å². The van der Waals surface area contributed by atoms with Gasteiger partial charge in [0, 0.05) is 11.1 Å². The molecule has 4 heteroatoms. The van der Waals surface area contributed by atoms with E-state index in [4.69, 9.17) is 9.47 Å². The minimum absolute atomic E-state index is 0.232. The average Bonchev–Trinajstić information content (AvgIpc) is 2.90. The molecular weight excluding hydrogens is 454 g/mol. The number of hydrogen-bond donors (Lipinski definition) is 0. The van der Waals surface area contributed by atoms with Crippen LogP contribution in [0.4, 0.5) is 8.78 Å². The van der Waals surface area contributed by atoms with E-state index in [-0.39, 0.29) is 11.1 Å². The van der Waals surface area contributed by atoms with E-state index in [1.165, 1.54) is 57.8 Å². The fourth-order valence-electron chi connectivity index (χ4n) is 4.40. The van der Waals surface area contributed by atoms with Crippen molar-refractivity contribution in [3.63, 3.8) is 0 Å². The van der Waals surface area contributed by atoms with Crippen LogP contribution in [0.15, 0.2) is 60.7 Å². The summed E-state index contributed by atoms with van der Waals surface area (Å²) in [6.07, 6.45) is 12.9. The van der Waals surface area contributed by atoms with Crippen molar-refractivity contribution in [2.24, 2.45) is 0 Å². The molecule has 0 N–H and O–H groups in total. The minimum Gasteiger partial charge on any atom is -0.494 e. The summed E-state index contributed by atoms with van der Waals surface area (Å²) in [6, 6.07) is 17.5. The molecule has 3 rings (SSSR count). The molecule has 0 unspecified atom stereocenters. The van der Waals surface area contributed by atoms with Crippen LogP contribution in [0.2, 0.25) is 0 Å². The Labute approximate surface area is 215 Å². The smallest absolute Gasteiger partial charge is 0.167 e. The minimum atomic E-state index is -0.849. The number of halogens is 2. The number of ether oxygens (including phenoxy) is 2. The van der Waals surface area contributed by atoms with E-state index in [0.29, 0.717) is 30.1 Å². The van der Waals surface area contributed by atoms with Gasteiger partial charge in [0.1, 0.15) is 11.5 Å². The van der Waals surface area contributed by atoms with Crippen LogP contribution in [0.25, 0.3) is 22.3 Å². The molecule has 0 saturated carbocycles. The zero-order chi connectivity index (χ0) is 25.6. The first-order valence-corrected chi connectivity index (χ1v) is 13.6. The molecule has 0 spiro atoms. The van der Waals surface area contributed by atoms with E-state index in [9.17, 15) is 8.78 Å². The van der Waals surface area contributed by atoms with Gasteiger partial charge in [-0.05, 0) is 48.7 Å². The molecule has 194 valence electrons. The molecule has 36 heavy (non-hydrogen) atoms. The lowest BCUT2D eigenvalue weighted by molar-refractivity contribution is 0.304. The number of rotatable bonds is 16. The number of unbranched alkanes of at least 4 members (excludes halogenated alkanes) is 9. The maximum atomic E-state index is 15.0. The van der Waals surface area contributed by atoms with Crippen LogP contribution < -0.4 is 9.47 Å². The Balaban J connectivity index is 1.46. The van der Waals surface area contributed by atoms with Gasteiger partial charge >= 0.3 is 0 Å². The lowest BCUT2D eigenvalue weighted by Gasteiger charge is -2.11. The van der Waals surface area contributed by atoms with Crippen molar-refractivity contribution >= 4 is 0 Å². The fraction of sp³-hybridized carbons (Fsp3) is 0.438. The first kappa shape index (κ1) is 27.7. The Kier molecular flexibility index (Phi) is 11.8. The predicted molar refractivity (Wildman–Crippen MR) is 146 cm³/mol. The van der Waals surface area contributed by atoms with Gasteiger partial charge in [-0.2, -0.15) is 0 Å². The molecule has 0 atom stereocenters. The van der Waals surface area contributed by atoms with Gasteiger partial charge in [0.05, 0.1) is 13.2 Å². The van der Waals surface area contributed by atoms with Crippen LogP contribution >= 0.6 is 0 Å². The Bertz CT molecular complexity index is 1030. The lowest BCUT2D eigenvalue weighted by atomic mass is 9.98. The van der Waals surface area contributed by atoms with Crippen molar-refractivity contribution in [1.29, 1.82) is 0 Å². The zero-order valence-electron chi connectivity index (χ0n) is 21.8. The summed E-state index contributed by atoms with van der Waals surface area (Å²) in [7, 11) is 0. The van der Waals surface area contributed by atoms with Crippen LogP contribution in [-0.2, 0) is 0 Å². The Morgan fingerprint density at radius 3 is 1.36 bits per heavy atom. The molecule has 0 heterocycles. The highest BCUT2D eigenvalue weighted by molar-refractivity contribution is 5.72. The van der Waals surface area contributed by atoms with Gasteiger partial charge in [0.15, 0.2) is 11.6 Å². The number of benzene rings is 3. The second-order valence-electron chi connectivity index (χ2n) is 9.30. The molecule has 3 aromatic rings. The van der Waals surface area contributed by atoms with E-state index in [0.717, 1.165) is 12.2 Å². The molecule has 0 aliphatic rings. The summed E-state index contributed by atoms with van der Waals surface area (Å²) in [5, 5.41) is 0. The molecule has 0 amide bonds. The molecule has 0 fully saturated rings. The lowest BCUT2D eigenvalue weighted by Crippen LogP contribution is -1.98. The molecule has 2 nitrogen and oxygen atoms in total. The van der Waals surface area contributed by atoms with Crippen LogP contribution in [0.1, 0.15) is 78.1 Å². The van der Waals surface area contributed by atoms with Crippen molar-refractivity contribution in [1.82, 2.24) is 0 Å². The monoisotopic (exact) mass is 494 g/mol. The molecule has 0 aliphatic heterocycles. The second-order valence-corrected chi connectivity index (χ2v) is 9.30. The van der Waals surface area contributed by atoms with Crippen LogP contribution in [0.5, 0.6) is 11.5 Å². The van der Waals surface area contributed by atoms with Crippen molar-refractivity contribution in [3.05, 3.63) is 72.3 Å². The third kappa shape index (κ3) is 8.36. The van der Waals surface area contributed by atoms with Gasteiger partial charge in [-0.1, -0.05) is 101 Å². The van der Waals surface area contributed by atoms with Gasteiger partial charge in [0.2, 0.25) is 0 Å². The van der Waals surface area contributed by atoms with Gasteiger partial charge in [-0.3, -0.25) is 0 Å². The first-order chi connectivity index (χ1) is 17.6. The molecule has 0 radical (unpaired) electrons. The quantitative estimate of drug-likeness (QED) is 0.184. The molecule has 0 saturated heterocycles. The SMILES string of the molecule is CCCCCCCCCCCCOc1ccc(-c2ccc(-c3ccc(OCC)cc3)c(F)c2F)cc1. The Morgan fingerprint density at radius 1 is 0.500 bits per heavy atom. The topological polar surface area (TPSA) is 18.5 Å². The average molecular weight is 495 g/mol. The van der Waals surface area contributed by atoms with E-state index in [1.54, 1.807) is 48.5 Å². The Morgan fingerprint density at radius 2 is 0.917 bits per heavy atom. The largest absolute Gasteiger partial charge is 0.494 e. The maximum absolute atomic E-state index is 15.0. The van der Waals surface area contributed by atoms with Crippen molar-refractivity contribution < 1.29 is 18.3 Å². The molecule has 0 aromatic heterocycles. The van der Waals surface area contributed by atoms with Gasteiger partial charge in [0.25, 0.3) is 0 Å². The standard InChI is InChI=1S/C32H40F2O2/c1-3-5-6-7-8-9-10-11-12-13-24-36-28-20-16-26(17-21-28)30-23-22-29(31(33)32(30)34)25-14-18-27(19-15-25)35-4-2/h14-23H,3-13,24H2,1-2H3. The zero-order valence-corrected chi connectivity index (χ0v) is 21.8. The third-order valence-corrected chi connectivity index (χ3v) is 6.49. The molecule has 0 bridgehead atoms. The normalized spacial score (nSPS) is 11.0. The molecule has 0 aliphatic carbocycles. The van der Waals surface area contributed by atoms with Crippen LogP contribution in [0, 0.1) is 11.6 Å². The molecule has 3 aromatic carbocycles. The van der Waals surface area contributed by atoms with E-state index in [2.05, 4.69) is 6.92 Å². The summed E-state index contributed by atoms with van der Waals surface area (Å²) in [6.45, 7) is 5.38. The van der Waals surface area contributed by atoms with Crippen LogP contribution in [0.3, 0.4) is 0 Å². The van der Waals surface area contributed by atoms with E-state index in [1.807, 2.05) is 19.1 Å². The van der Waals surface area contributed by atoms with Crippen LogP contribution in [-0.4, -0.2) is 13.2 Å². The molecular formula is C32H40F2O2. The van der Waals surface area contributed by atoms with Gasteiger partial charge in [-0.15, -0.1) is 0 Å². The summed E-state index contributed by atoms with van der Waals surface area (Å²) in [5.41, 5.74) is 1.70. The second kappa shape index (κ2) is 15.3. The van der Waals surface area contributed by atoms with Gasteiger partial charge in [-0.25, -0.2) is 8.78 Å². The van der Waals surface area contributed by atoms with E-state index >= 15 is 0 Å². The highest BCUT2D eigenvalue weighted by atomic mass is 19.2. The predicted octanol–water partition coefficient (Wildman–Crippen LogP) is 10.00. The van der Waals surface area contributed by atoms with Crippen molar-refractivity contribution in [3.8, 4) is 33.8 Å². The highest BCUT2D eigenvalue weighted by Gasteiger charge is 2.16.